The number of aliphatic hydroxyl groups excluding tert-OH is 1. The van der Waals surface area contributed by atoms with Crippen molar-refractivity contribution in [2.45, 2.75) is 26.5 Å². The van der Waals surface area contributed by atoms with Gasteiger partial charge in [-0.15, -0.1) is 10.2 Å². The van der Waals surface area contributed by atoms with Gasteiger partial charge in [-0.05, 0) is 31.5 Å². The van der Waals surface area contributed by atoms with Gasteiger partial charge in [-0.3, -0.25) is 4.79 Å². The predicted octanol–water partition coefficient (Wildman–Crippen LogP) is 2.56. The summed E-state index contributed by atoms with van der Waals surface area (Å²) in [5, 5.41) is 20.9. The van der Waals surface area contributed by atoms with Crippen LogP contribution in [0.5, 0.6) is 0 Å². The lowest BCUT2D eigenvalue weighted by Gasteiger charge is -2.13. The Morgan fingerprint density at radius 1 is 1.12 bits per heavy atom. The summed E-state index contributed by atoms with van der Waals surface area (Å²) in [5.41, 5.74) is 3.22. The van der Waals surface area contributed by atoms with Gasteiger partial charge < -0.3 is 10.4 Å². The Morgan fingerprint density at radius 3 is 2.44 bits per heavy atom. The van der Waals surface area contributed by atoms with E-state index < -0.39 is 0 Å². The van der Waals surface area contributed by atoms with Crippen molar-refractivity contribution in [2.75, 3.05) is 0 Å². The highest BCUT2D eigenvalue weighted by atomic mass is 16.3. The van der Waals surface area contributed by atoms with Gasteiger partial charge in [-0.25, -0.2) is 0 Å². The van der Waals surface area contributed by atoms with E-state index in [1.165, 1.54) is 4.80 Å². The van der Waals surface area contributed by atoms with Gasteiger partial charge in [0, 0.05) is 0 Å². The van der Waals surface area contributed by atoms with Crippen molar-refractivity contribution in [3.63, 3.8) is 0 Å². The van der Waals surface area contributed by atoms with E-state index in [4.69, 9.17) is 0 Å². The fraction of sp³-hybridized carbons (Fsp3) is 0.211. The molecule has 0 spiro atoms. The highest BCUT2D eigenvalue weighted by molar-refractivity contribution is 5.93. The van der Waals surface area contributed by atoms with Crippen molar-refractivity contribution in [3.05, 3.63) is 77.1 Å². The summed E-state index contributed by atoms with van der Waals surface area (Å²) >= 11 is 0. The fourth-order valence-corrected chi connectivity index (χ4v) is 2.50. The standard InChI is InChI=1S/C19H20N4O2/c1-13-8-10-16(11-9-13)23-21-17(12-24)18(22-23)19(25)20-14(2)15-6-4-3-5-7-15/h3-11,14,24H,12H2,1-2H3,(H,20,25). The van der Waals surface area contributed by atoms with E-state index in [9.17, 15) is 9.90 Å². The van der Waals surface area contributed by atoms with Crippen LogP contribution in [0.2, 0.25) is 0 Å². The molecule has 0 radical (unpaired) electrons. The number of nitrogens with zero attached hydrogens (tertiary/aromatic N) is 3. The number of amides is 1. The largest absolute Gasteiger partial charge is 0.390 e. The van der Waals surface area contributed by atoms with Crippen LogP contribution in [0, 0.1) is 6.92 Å². The molecule has 2 aromatic carbocycles. The Hall–Kier alpha value is -2.99. The molecular weight excluding hydrogens is 316 g/mol. The Morgan fingerprint density at radius 2 is 1.80 bits per heavy atom. The maximum absolute atomic E-state index is 12.6. The molecule has 128 valence electrons. The van der Waals surface area contributed by atoms with Crippen LogP contribution < -0.4 is 5.32 Å². The summed E-state index contributed by atoms with van der Waals surface area (Å²) < 4.78 is 0. The molecule has 0 aliphatic carbocycles. The minimum Gasteiger partial charge on any atom is -0.390 e. The number of carbonyl (C=O) groups is 1. The number of hydrogen-bond donors (Lipinski definition) is 2. The molecule has 0 aliphatic heterocycles. The van der Waals surface area contributed by atoms with Crippen LogP contribution in [0.15, 0.2) is 54.6 Å². The van der Waals surface area contributed by atoms with Crippen LogP contribution in [0.1, 0.15) is 40.3 Å². The second-order valence-corrected chi connectivity index (χ2v) is 5.88. The van der Waals surface area contributed by atoms with Gasteiger partial charge in [0.25, 0.3) is 5.91 Å². The minimum absolute atomic E-state index is 0.130. The maximum atomic E-state index is 12.6. The fourth-order valence-electron chi connectivity index (χ4n) is 2.50. The third kappa shape index (κ3) is 3.75. The van der Waals surface area contributed by atoms with E-state index >= 15 is 0 Å². The first-order valence-electron chi connectivity index (χ1n) is 8.08. The molecule has 0 aliphatic rings. The lowest BCUT2D eigenvalue weighted by Crippen LogP contribution is -2.28. The van der Waals surface area contributed by atoms with E-state index in [2.05, 4.69) is 15.5 Å². The minimum atomic E-state index is -0.362. The van der Waals surface area contributed by atoms with Gasteiger partial charge in [-0.1, -0.05) is 48.0 Å². The average Bonchev–Trinajstić information content (AvgIpc) is 3.07. The smallest absolute Gasteiger partial charge is 0.274 e. The molecule has 1 atom stereocenters. The van der Waals surface area contributed by atoms with E-state index in [0.717, 1.165) is 16.8 Å². The first-order valence-corrected chi connectivity index (χ1v) is 8.08. The third-order valence-electron chi connectivity index (χ3n) is 3.96. The molecular formula is C19H20N4O2. The van der Waals surface area contributed by atoms with E-state index in [-0.39, 0.29) is 29.9 Å². The Balaban J connectivity index is 1.83. The first kappa shape index (κ1) is 16.9. The number of nitrogens with one attached hydrogen (secondary N) is 1. The molecule has 3 rings (SSSR count). The van der Waals surface area contributed by atoms with Gasteiger partial charge in [-0.2, -0.15) is 4.80 Å². The molecule has 6 heteroatoms. The van der Waals surface area contributed by atoms with Gasteiger partial charge in [0.05, 0.1) is 18.3 Å². The lowest BCUT2D eigenvalue weighted by molar-refractivity contribution is 0.0931. The average molecular weight is 336 g/mol. The van der Waals surface area contributed by atoms with Crippen LogP contribution in [-0.4, -0.2) is 26.0 Å². The zero-order valence-corrected chi connectivity index (χ0v) is 14.2. The molecule has 1 amide bonds. The third-order valence-corrected chi connectivity index (χ3v) is 3.96. The Labute approximate surface area is 146 Å². The van der Waals surface area contributed by atoms with E-state index in [0.29, 0.717) is 0 Å². The number of rotatable bonds is 5. The highest BCUT2D eigenvalue weighted by Gasteiger charge is 2.20. The van der Waals surface area contributed by atoms with Gasteiger partial charge in [0.1, 0.15) is 5.69 Å². The molecule has 0 fully saturated rings. The molecule has 1 aromatic heterocycles. The van der Waals surface area contributed by atoms with Crippen molar-refractivity contribution < 1.29 is 9.90 Å². The van der Waals surface area contributed by atoms with Crippen LogP contribution >= 0.6 is 0 Å². The monoisotopic (exact) mass is 336 g/mol. The van der Waals surface area contributed by atoms with E-state index in [1.54, 1.807) is 0 Å². The first-order chi connectivity index (χ1) is 12.1. The normalized spacial score (nSPS) is 12.0. The van der Waals surface area contributed by atoms with Gasteiger partial charge in [0.2, 0.25) is 0 Å². The molecule has 6 nitrogen and oxygen atoms in total. The number of aryl methyl sites for hydroxylation is 1. The summed E-state index contributed by atoms with van der Waals surface area (Å²) in [6.07, 6.45) is 0. The molecule has 0 saturated heterocycles. The van der Waals surface area contributed by atoms with Crippen LogP contribution in [0.25, 0.3) is 5.69 Å². The van der Waals surface area contributed by atoms with Crippen LogP contribution in [-0.2, 0) is 6.61 Å². The topological polar surface area (TPSA) is 80.0 Å². The van der Waals surface area contributed by atoms with Crippen molar-refractivity contribution >= 4 is 5.91 Å². The summed E-state index contributed by atoms with van der Waals surface area (Å²) in [6, 6.07) is 17.1. The van der Waals surface area contributed by atoms with E-state index in [1.807, 2.05) is 68.4 Å². The van der Waals surface area contributed by atoms with Crippen molar-refractivity contribution in [3.8, 4) is 5.69 Å². The SMILES string of the molecule is Cc1ccc(-n2nc(CO)c(C(=O)NC(C)c3ccccc3)n2)cc1. The second kappa shape index (κ2) is 7.27. The number of aliphatic hydroxyl groups is 1. The number of benzene rings is 2. The molecule has 3 aromatic rings. The van der Waals surface area contributed by atoms with Crippen LogP contribution in [0.4, 0.5) is 0 Å². The summed E-state index contributed by atoms with van der Waals surface area (Å²) in [7, 11) is 0. The van der Waals surface area contributed by atoms with Crippen molar-refractivity contribution in [1.29, 1.82) is 0 Å². The second-order valence-electron chi connectivity index (χ2n) is 5.88. The molecule has 0 saturated carbocycles. The Kier molecular flexibility index (Phi) is 4.90. The molecule has 25 heavy (non-hydrogen) atoms. The molecule has 1 unspecified atom stereocenters. The summed E-state index contributed by atoms with van der Waals surface area (Å²) in [4.78, 5) is 13.9. The van der Waals surface area contributed by atoms with Gasteiger partial charge in [0.15, 0.2) is 5.69 Å². The number of carbonyl (C=O) groups excluding carboxylic acids is 1. The quantitative estimate of drug-likeness (QED) is 0.750. The Bertz CT molecular complexity index is 857. The van der Waals surface area contributed by atoms with Gasteiger partial charge >= 0.3 is 0 Å². The van der Waals surface area contributed by atoms with Crippen LogP contribution in [0.3, 0.4) is 0 Å². The maximum Gasteiger partial charge on any atom is 0.274 e. The zero-order valence-electron chi connectivity index (χ0n) is 14.2. The molecule has 2 N–H and O–H groups in total. The van der Waals surface area contributed by atoms with Crippen molar-refractivity contribution in [2.24, 2.45) is 0 Å². The summed E-state index contributed by atoms with van der Waals surface area (Å²) in [6.45, 7) is 3.54. The molecule has 1 heterocycles. The highest BCUT2D eigenvalue weighted by Crippen LogP contribution is 2.14. The lowest BCUT2D eigenvalue weighted by atomic mass is 10.1. The number of aromatic nitrogens is 3. The molecule has 0 bridgehead atoms. The number of hydrogen-bond acceptors (Lipinski definition) is 4. The zero-order chi connectivity index (χ0) is 17.8. The predicted molar refractivity (Wildman–Crippen MR) is 94.3 cm³/mol. The van der Waals surface area contributed by atoms with Crippen molar-refractivity contribution in [1.82, 2.24) is 20.3 Å². The summed E-state index contributed by atoms with van der Waals surface area (Å²) in [5.74, 6) is -0.362.